The van der Waals surface area contributed by atoms with Crippen LogP contribution >= 0.6 is 34.2 Å². The summed E-state index contributed by atoms with van der Waals surface area (Å²) in [5.74, 6) is -0.0215. The van der Waals surface area contributed by atoms with Crippen molar-refractivity contribution in [3.63, 3.8) is 0 Å². The summed E-state index contributed by atoms with van der Waals surface area (Å²) < 4.78 is 1.01. The van der Waals surface area contributed by atoms with E-state index >= 15 is 0 Å². The zero-order valence-corrected chi connectivity index (χ0v) is 16.1. The van der Waals surface area contributed by atoms with Crippen LogP contribution in [-0.2, 0) is 0 Å². The van der Waals surface area contributed by atoms with Gasteiger partial charge in [-0.25, -0.2) is 0 Å². The third kappa shape index (κ3) is 3.87. The van der Waals surface area contributed by atoms with Crippen molar-refractivity contribution >= 4 is 51.5 Å². The van der Waals surface area contributed by atoms with Crippen LogP contribution in [0, 0.1) is 13.7 Å². The van der Waals surface area contributed by atoms with Crippen molar-refractivity contribution in [2.24, 2.45) is 0 Å². The molecular weight excluding hydrogens is 457 g/mol. The van der Waals surface area contributed by atoms with Gasteiger partial charge < -0.3 is 9.80 Å². The molecular formula is C17H15ClIN3O3. The zero-order valence-electron chi connectivity index (χ0n) is 13.2. The Balaban J connectivity index is 1.75. The molecule has 3 rings (SSSR count). The number of amides is 1. The van der Waals surface area contributed by atoms with Crippen molar-refractivity contribution in [3.8, 4) is 0 Å². The van der Waals surface area contributed by atoms with E-state index in [1.165, 1.54) is 6.07 Å². The molecule has 1 aliphatic heterocycles. The van der Waals surface area contributed by atoms with Crippen molar-refractivity contribution in [1.82, 2.24) is 4.90 Å². The number of rotatable bonds is 3. The number of carbonyl (C=O) groups excluding carboxylic acids is 1. The molecule has 1 amide bonds. The Labute approximate surface area is 163 Å². The zero-order chi connectivity index (χ0) is 18.0. The maximum Gasteiger partial charge on any atom is 0.294 e. The van der Waals surface area contributed by atoms with Gasteiger partial charge in [-0.05, 0) is 46.9 Å². The van der Waals surface area contributed by atoms with Crippen LogP contribution in [0.1, 0.15) is 10.4 Å². The molecule has 0 saturated carbocycles. The quantitative estimate of drug-likeness (QED) is 0.388. The van der Waals surface area contributed by atoms with Gasteiger partial charge in [0.05, 0.1) is 9.95 Å². The van der Waals surface area contributed by atoms with Crippen LogP contribution in [0.2, 0.25) is 5.02 Å². The van der Waals surface area contributed by atoms with Crippen LogP contribution in [0.4, 0.5) is 11.4 Å². The van der Waals surface area contributed by atoms with Crippen molar-refractivity contribution < 1.29 is 9.72 Å². The normalized spacial score (nSPS) is 14.5. The number of halogens is 2. The monoisotopic (exact) mass is 471 g/mol. The van der Waals surface area contributed by atoms with Crippen molar-refractivity contribution in [2.75, 3.05) is 31.1 Å². The molecule has 6 nitrogen and oxygen atoms in total. The van der Waals surface area contributed by atoms with Gasteiger partial charge in [0.25, 0.3) is 11.6 Å². The number of nitro groups is 1. The summed E-state index contributed by atoms with van der Waals surface area (Å²) in [7, 11) is 0. The Morgan fingerprint density at radius 3 is 2.44 bits per heavy atom. The summed E-state index contributed by atoms with van der Waals surface area (Å²) in [6.45, 7) is 1.99. The van der Waals surface area contributed by atoms with E-state index in [0.717, 1.165) is 3.57 Å². The fraction of sp³-hybridized carbons (Fsp3) is 0.235. The molecule has 130 valence electrons. The van der Waals surface area contributed by atoms with Gasteiger partial charge in [0.1, 0.15) is 5.69 Å². The van der Waals surface area contributed by atoms with Gasteiger partial charge in [-0.1, -0.05) is 23.7 Å². The third-order valence-corrected chi connectivity index (χ3v) is 5.09. The highest BCUT2D eigenvalue weighted by atomic mass is 127. The third-order valence-electron chi connectivity index (χ3n) is 4.12. The number of hydrogen-bond acceptors (Lipinski definition) is 4. The minimum atomic E-state index is -0.426. The second-order valence-corrected chi connectivity index (χ2v) is 7.31. The fourth-order valence-electron chi connectivity index (χ4n) is 2.90. The molecule has 2 aromatic carbocycles. The first-order chi connectivity index (χ1) is 12.0. The number of anilines is 1. The molecule has 0 bridgehead atoms. The number of nitro benzene ring substituents is 1. The predicted octanol–water partition coefficient (Wildman–Crippen LogP) is 3.82. The van der Waals surface area contributed by atoms with Crippen LogP contribution in [0.15, 0.2) is 42.5 Å². The number of carbonyl (C=O) groups is 1. The summed E-state index contributed by atoms with van der Waals surface area (Å²) in [5.41, 5.74) is 1.07. The summed E-state index contributed by atoms with van der Waals surface area (Å²) >= 11 is 8.37. The first-order valence-corrected chi connectivity index (χ1v) is 9.16. The molecule has 0 unspecified atom stereocenters. The van der Waals surface area contributed by atoms with Crippen LogP contribution in [0.5, 0.6) is 0 Å². The SMILES string of the molecule is O=C(c1cccc(I)c1)N1CCN(c2c(Cl)cccc2[N+](=O)[O-])CC1. The summed E-state index contributed by atoms with van der Waals surface area (Å²) in [6.07, 6.45) is 0. The highest BCUT2D eigenvalue weighted by Crippen LogP contribution is 2.35. The molecule has 8 heteroatoms. The molecule has 0 aromatic heterocycles. The Hall–Kier alpha value is -1.87. The second-order valence-electron chi connectivity index (χ2n) is 5.65. The molecule has 2 aromatic rings. The standard InChI is InChI=1S/C17H15ClIN3O3/c18-14-5-2-6-15(22(24)25)16(14)20-7-9-21(10-8-20)17(23)12-3-1-4-13(19)11-12/h1-6,11H,7-10H2. The predicted molar refractivity (Wildman–Crippen MR) is 105 cm³/mol. The molecule has 0 spiro atoms. The molecule has 0 aliphatic carbocycles. The van der Waals surface area contributed by atoms with E-state index in [-0.39, 0.29) is 11.6 Å². The number of hydrogen-bond donors (Lipinski definition) is 0. The largest absolute Gasteiger partial charge is 0.361 e. The molecule has 25 heavy (non-hydrogen) atoms. The van der Waals surface area contributed by atoms with E-state index in [0.29, 0.717) is 42.5 Å². The lowest BCUT2D eigenvalue weighted by molar-refractivity contribution is -0.384. The van der Waals surface area contributed by atoms with Crippen LogP contribution in [-0.4, -0.2) is 41.9 Å². The Kier molecular flexibility index (Phi) is 5.43. The van der Waals surface area contributed by atoms with E-state index in [1.807, 2.05) is 23.1 Å². The van der Waals surface area contributed by atoms with Gasteiger partial charge in [0.2, 0.25) is 0 Å². The van der Waals surface area contributed by atoms with Gasteiger partial charge in [-0.3, -0.25) is 14.9 Å². The van der Waals surface area contributed by atoms with Crippen LogP contribution < -0.4 is 4.90 Å². The minimum absolute atomic E-state index is 0.00936. The van der Waals surface area contributed by atoms with Gasteiger partial charge in [-0.2, -0.15) is 0 Å². The van der Waals surface area contributed by atoms with Crippen molar-refractivity contribution in [2.45, 2.75) is 0 Å². The first-order valence-electron chi connectivity index (χ1n) is 7.70. The molecule has 0 radical (unpaired) electrons. The van der Waals surface area contributed by atoms with E-state index < -0.39 is 4.92 Å². The van der Waals surface area contributed by atoms with E-state index in [4.69, 9.17) is 11.6 Å². The molecule has 0 atom stereocenters. The first kappa shape index (κ1) is 17.9. The van der Waals surface area contributed by atoms with Gasteiger partial charge in [0, 0.05) is 41.4 Å². The van der Waals surface area contributed by atoms with Crippen LogP contribution in [0.25, 0.3) is 0 Å². The van der Waals surface area contributed by atoms with Crippen molar-refractivity contribution in [3.05, 3.63) is 66.7 Å². The van der Waals surface area contributed by atoms with Gasteiger partial charge >= 0.3 is 0 Å². The summed E-state index contributed by atoms with van der Waals surface area (Å²) in [6, 6.07) is 12.1. The highest BCUT2D eigenvalue weighted by Gasteiger charge is 2.28. The van der Waals surface area contributed by atoms with E-state index in [9.17, 15) is 14.9 Å². The smallest absolute Gasteiger partial charge is 0.294 e. The lowest BCUT2D eigenvalue weighted by atomic mass is 10.1. The number of nitrogens with zero attached hydrogens (tertiary/aromatic N) is 3. The lowest BCUT2D eigenvalue weighted by Gasteiger charge is -2.36. The fourth-order valence-corrected chi connectivity index (χ4v) is 3.73. The second kappa shape index (κ2) is 7.57. The van der Waals surface area contributed by atoms with Crippen molar-refractivity contribution in [1.29, 1.82) is 0 Å². The summed E-state index contributed by atoms with van der Waals surface area (Å²) in [4.78, 5) is 27.1. The molecule has 1 heterocycles. The average Bonchev–Trinajstić information content (AvgIpc) is 2.61. The van der Waals surface area contributed by atoms with E-state index in [2.05, 4.69) is 22.6 Å². The maximum absolute atomic E-state index is 12.6. The Morgan fingerprint density at radius 2 is 1.80 bits per heavy atom. The van der Waals surface area contributed by atoms with E-state index in [1.54, 1.807) is 23.1 Å². The van der Waals surface area contributed by atoms with Crippen LogP contribution in [0.3, 0.4) is 0 Å². The number of para-hydroxylation sites is 1. The Morgan fingerprint density at radius 1 is 1.12 bits per heavy atom. The average molecular weight is 472 g/mol. The maximum atomic E-state index is 12.6. The summed E-state index contributed by atoms with van der Waals surface area (Å²) in [5, 5.41) is 11.6. The highest BCUT2D eigenvalue weighted by molar-refractivity contribution is 14.1. The molecule has 1 saturated heterocycles. The minimum Gasteiger partial charge on any atom is -0.361 e. The molecule has 0 N–H and O–H groups in total. The topological polar surface area (TPSA) is 66.7 Å². The molecule has 1 aliphatic rings. The molecule has 1 fully saturated rings. The number of benzene rings is 2. The van der Waals surface area contributed by atoms with Gasteiger partial charge in [0.15, 0.2) is 0 Å². The Bertz CT molecular complexity index is 823. The number of piperazine rings is 1. The lowest BCUT2D eigenvalue weighted by Crippen LogP contribution is -2.49. The van der Waals surface area contributed by atoms with Gasteiger partial charge in [-0.15, -0.1) is 0 Å².